The third kappa shape index (κ3) is 2.17. The third-order valence-corrected chi connectivity index (χ3v) is 4.74. The van der Waals surface area contributed by atoms with Gasteiger partial charge in [0.05, 0.1) is 17.8 Å². The zero-order valence-electron chi connectivity index (χ0n) is 12.8. The molecule has 2 aromatic heterocycles. The molecule has 1 aliphatic rings. The highest BCUT2D eigenvalue weighted by Crippen LogP contribution is 2.32. The number of nitrogens with one attached hydrogen (secondary N) is 2. The number of halogens is 1. The average Bonchev–Trinajstić information content (AvgIpc) is 3.32. The van der Waals surface area contributed by atoms with E-state index < -0.39 is 0 Å². The van der Waals surface area contributed by atoms with E-state index in [1.807, 2.05) is 18.2 Å². The van der Waals surface area contributed by atoms with Gasteiger partial charge in [0.1, 0.15) is 12.4 Å². The number of H-pyrrole nitrogens is 2. The summed E-state index contributed by atoms with van der Waals surface area (Å²) in [4.78, 5) is 5.64. The third-order valence-electron chi connectivity index (χ3n) is 4.50. The van der Waals surface area contributed by atoms with Crippen LogP contribution in [-0.4, -0.2) is 35.1 Å². The van der Waals surface area contributed by atoms with Gasteiger partial charge in [0.2, 0.25) is 0 Å². The van der Waals surface area contributed by atoms with Crippen LogP contribution in [0.5, 0.6) is 0 Å². The summed E-state index contributed by atoms with van der Waals surface area (Å²) in [7, 11) is 0. The second-order valence-corrected chi connectivity index (χ2v) is 6.45. The van der Waals surface area contributed by atoms with E-state index >= 15 is 0 Å². The predicted octanol–water partition coefficient (Wildman–Crippen LogP) is 4.16. The standard InChI is InChI=1S/C18H15ClN4O/c19-12-2-1-11-7-17(20-16(11)8-12)18-14-9-13(23-5-6-24-10-23)3-4-15(14)21-22-18/h1-4,7-9,20H,5-6,10H2,(H,21,22). The molecule has 1 aliphatic heterocycles. The van der Waals surface area contributed by atoms with Gasteiger partial charge in [-0.05, 0) is 36.4 Å². The van der Waals surface area contributed by atoms with Crippen molar-refractivity contribution in [2.45, 2.75) is 0 Å². The van der Waals surface area contributed by atoms with Crippen LogP contribution < -0.4 is 4.90 Å². The fourth-order valence-corrected chi connectivity index (χ4v) is 3.42. The first-order valence-electron chi connectivity index (χ1n) is 7.87. The Morgan fingerprint density at radius 2 is 2.04 bits per heavy atom. The second kappa shape index (κ2) is 5.26. The molecule has 2 aromatic carbocycles. The maximum absolute atomic E-state index is 6.08. The molecular formula is C18H15ClN4O. The van der Waals surface area contributed by atoms with Crippen molar-refractivity contribution in [1.82, 2.24) is 15.2 Å². The summed E-state index contributed by atoms with van der Waals surface area (Å²) >= 11 is 6.08. The van der Waals surface area contributed by atoms with Crippen LogP contribution in [0.25, 0.3) is 33.2 Å². The van der Waals surface area contributed by atoms with Gasteiger partial charge in [-0.25, -0.2) is 0 Å². The Kier molecular flexibility index (Phi) is 3.04. The molecule has 5 rings (SSSR count). The highest BCUT2D eigenvalue weighted by molar-refractivity contribution is 6.31. The maximum atomic E-state index is 6.08. The molecule has 24 heavy (non-hydrogen) atoms. The Bertz CT molecular complexity index is 1050. The first kappa shape index (κ1) is 13.9. The molecule has 0 spiro atoms. The van der Waals surface area contributed by atoms with Crippen LogP contribution in [0.1, 0.15) is 0 Å². The van der Waals surface area contributed by atoms with Gasteiger partial charge in [0.15, 0.2) is 0 Å². The SMILES string of the molecule is Clc1ccc2cc(-c3n[nH]c4ccc(N5CCOC5)cc34)[nH]c2c1. The lowest BCUT2D eigenvalue weighted by Crippen LogP contribution is -2.18. The van der Waals surface area contributed by atoms with Gasteiger partial charge in [0.25, 0.3) is 0 Å². The monoisotopic (exact) mass is 338 g/mol. The topological polar surface area (TPSA) is 56.9 Å². The fourth-order valence-electron chi connectivity index (χ4n) is 3.25. The van der Waals surface area contributed by atoms with Crippen molar-refractivity contribution < 1.29 is 4.74 Å². The van der Waals surface area contributed by atoms with Crippen molar-refractivity contribution >= 4 is 39.1 Å². The van der Waals surface area contributed by atoms with Crippen LogP contribution in [0.4, 0.5) is 5.69 Å². The summed E-state index contributed by atoms with van der Waals surface area (Å²) in [5, 5.41) is 10.6. The van der Waals surface area contributed by atoms with Crippen LogP contribution >= 0.6 is 11.6 Å². The Hall–Kier alpha value is -2.50. The molecule has 120 valence electrons. The van der Waals surface area contributed by atoms with Crippen LogP contribution in [-0.2, 0) is 4.74 Å². The lowest BCUT2D eigenvalue weighted by molar-refractivity contribution is 0.201. The van der Waals surface area contributed by atoms with Crippen molar-refractivity contribution in [1.29, 1.82) is 0 Å². The zero-order valence-corrected chi connectivity index (χ0v) is 13.6. The van der Waals surface area contributed by atoms with Gasteiger partial charge in [-0.2, -0.15) is 5.10 Å². The van der Waals surface area contributed by atoms with E-state index in [4.69, 9.17) is 16.3 Å². The molecule has 2 N–H and O–H groups in total. The summed E-state index contributed by atoms with van der Waals surface area (Å²) in [5.41, 5.74) is 5.08. The lowest BCUT2D eigenvalue weighted by Gasteiger charge is -2.15. The van der Waals surface area contributed by atoms with E-state index in [0.29, 0.717) is 6.73 Å². The van der Waals surface area contributed by atoms with E-state index in [9.17, 15) is 0 Å². The number of anilines is 1. The van der Waals surface area contributed by atoms with E-state index in [-0.39, 0.29) is 0 Å². The smallest absolute Gasteiger partial charge is 0.119 e. The van der Waals surface area contributed by atoms with E-state index in [1.54, 1.807) is 0 Å². The lowest BCUT2D eigenvalue weighted by atomic mass is 10.1. The Morgan fingerprint density at radius 1 is 1.08 bits per heavy atom. The van der Waals surface area contributed by atoms with Crippen molar-refractivity contribution in [3.8, 4) is 11.4 Å². The Morgan fingerprint density at radius 3 is 2.92 bits per heavy atom. The van der Waals surface area contributed by atoms with Crippen molar-refractivity contribution in [3.63, 3.8) is 0 Å². The number of aromatic amines is 2. The van der Waals surface area contributed by atoms with Crippen LogP contribution in [0.3, 0.4) is 0 Å². The number of nitrogens with zero attached hydrogens (tertiary/aromatic N) is 2. The molecular weight excluding hydrogens is 324 g/mol. The Labute approximate surface area is 143 Å². The summed E-state index contributed by atoms with van der Waals surface area (Å²) in [5.74, 6) is 0. The fraction of sp³-hybridized carbons (Fsp3) is 0.167. The minimum absolute atomic E-state index is 0.642. The van der Waals surface area contributed by atoms with E-state index in [0.717, 1.165) is 57.1 Å². The largest absolute Gasteiger partial charge is 0.359 e. The highest BCUT2D eigenvalue weighted by atomic mass is 35.5. The van der Waals surface area contributed by atoms with Crippen LogP contribution in [0, 0.1) is 0 Å². The quantitative estimate of drug-likeness (QED) is 0.577. The molecule has 0 atom stereocenters. The molecule has 0 amide bonds. The maximum Gasteiger partial charge on any atom is 0.119 e. The minimum atomic E-state index is 0.642. The van der Waals surface area contributed by atoms with E-state index in [1.165, 1.54) is 0 Å². The summed E-state index contributed by atoms with van der Waals surface area (Å²) in [6.07, 6.45) is 0. The number of rotatable bonds is 2. The number of fused-ring (bicyclic) bond motifs is 2. The van der Waals surface area contributed by atoms with Gasteiger partial charge in [-0.15, -0.1) is 0 Å². The molecule has 6 heteroatoms. The predicted molar refractivity (Wildman–Crippen MR) is 96.6 cm³/mol. The number of hydrogen-bond donors (Lipinski definition) is 2. The molecule has 3 heterocycles. The number of ether oxygens (including phenoxy) is 1. The normalized spacial score (nSPS) is 15.0. The molecule has 1 saturated heterocycles. The number of hydrogen-bond acceptors (Lipinski definition) is 3. The second-order valence-electron chi connectivity index (χ2n) is 6.02. The van der Waals surface area contributed by atoms with E-state index in [2.05, 4.69) is 44.3 Å². The Balaban J connectivity index is 1.65. The van der Waals surface area contributed by atoms with Gasteiger partial charge >= 0.3 is 0 Å². The van der Waals surface area contributed by atoms with Gasteiger partial charge in [0, 0.05) is 33.5 Å². The number of benzene rings is 2. The molecule has 0 aliphatic carbocycles. The summed E-state index contributed by atoms with van der Waals surface area (Å²) < 4.78 is 5.45. The summed E-state index contributed by atoms with van der Waals surface area (Å²) in [6, 6.07) is 14.3. The number of aromatic nitrogens is 3. The molecule has 5 nitrogen and oxygen atoms in total. The van der Waals surface area contributed by atoms with Crippen molar-refractivity contribution in [2.24, 2.45) is 0 Å². The molecule has 0 radical (unpaired) electrons. The van der Waals surface area contributed by atoms with Gasteiger partial charge in [-0.1, -0.05) is 17.7 Å². The molecule has 0 bridgehead atoms. The van der Waals surface area contributed by atoms with Crippen molar-refractivity contribution in [3.05, 3.63) is 47.5 Å². The molecule has 1 fully saturated rings. The van der Waals surface area contributed by atoms with Gasteiger partial charge < -0.3 is 14.6 Å². The van der Waals surface area contributed by atoms with Gasteiger partial charge in [-0.3, -0.25) is 5.10 Å². The molecule has 0 saturated carbocycles. The van der Waals surface area contributed by atoms with Crippen molar-refractivity contribution in [2.75, 3.05) is 24.8 Å². The summed E-state index contributed by atoms with van der Waals surface area (Å²) in [6.45, 7) is 2.34. The molecule has 0 unspecified atom stereocenters. The highest BCUT2D eigenvalue weighted by Gasteiger charge is 2.16. The first-order chi connectivity index (χ1) is 11.8. The van der Waals surface area contributed by atoms with Crippen LogP contribution in [0.2, 0.25) is 5.02 Å². The minimum Gasteiger partial charge on any atom is -0.359 e. The molecule has 4 aromatic rings. The first-order valence-corrected chi connectivity index (χ1v) is 8.25. The average molecular weight is 339 g/mol. The van der Waals surface area contributed by atoms with Crippen LogP contribution in [0.15, 0.2) is 42.5 Å². The zero-order chi connectivity index (χ0) is 16.1.